The molecular formula is C19H22N4O. The Hall–Kier alpha value is -2.43. The van der Waals surface area contributed by atoms with E-state index in [1.807, 2.05) is 23.2 Å². The van der Waals surface area contributed by atoms with Crippen LogP contribution in [0.15, 0.2) is 42.9 Å². The van der Waals surface area contributed by atoms with E-state index in [0.29, 0.717) is 11.8 Å². The molecule has 1 aliphatic heterocycles. The largest absolute Gasteiger partial charge is 0.342 e. The predicted molar refractivity (Wildman–Crippen MR) is 92.1 cm³/mol. The molecule has 4 rings (SSSR count). The van der Waals surface area contributed by atoms with Gasteiger partial charge < -0.3 is 9.47 Å². The van der Waals surface area contributed by atoms with Crippen molar-refractivity contribution < 1.29 is 4.79 Å². The lowest BCUT2D eigenvalue weighted by molar-refractivity contribution is -0.141. The van der Waals surface area contributed by atoms with Crippen molar-refractivity contribution in [2.24, 2.45) is 11.8 Å². The van der Waals surface area contributed by atoms with E-state index in [4.69, 9.17) is 0 Å². The number of likely N-dealkylation sites (tertiary alicyclic amines) is 1. The predicted octanol–water partition coefficient (Wildman–Crippen LogP) is 2.68. The number of aryl methyl sites for hydroxylation is 1. The first-order valence-corrected chi connectivity index (χ1v) is 8.58. The summed E-state index contributed by atoms with van der Waals surface area (Å²) in [5.74, 6) is 2.01. The van der Waals surface area contributed by atoms with Gasteiger partial charge in [0.2, 0.25) is 5.91 Å². The summed E-state index contributed by atoms with van der Waals surface area (Å²) >= 11 is 0. The first kappa shape index (κ1) is 15.1. The highest BCUT2D eigenvalue weighted by molar-refractivity contribution is 5.80. The number of hydrogen-bond acceptors (Lipinski definition) is 3. The zero-order chi connectivity index (χ0) is 16.5. The molecule has 0 N–H and O–H groups in total. The van der Waals surface area contributed by atoms with Gasteiger partial charge in [-0.05, 0) is 31.9 Å². The average molecular weight is 322 g/mol. The second-order valence-electron chi connectivity index (χ2n) is 6.82. The Morgan fingerprint density at radius 1 is 1.21 bits per heavy atom. The molecule has 1 aliphatic carbocycles. The third-order valence-electron chi connectivity index (χ3n) is 5.06. The Bertz CT molecular complexity index is 751. The van der Waals surface area contributed by atoms with Gasteiger partial charge in [-0.1, -0.05) is 12.2 Å². The summed E-state index contributed by atoms with van der Waals surface area (Å²) in [4.78, 5) is 23.0. The number of carbonyl (C=O) groups excluding carboxylic acids is 1. The maximum absolute atomic E-state index is 12.4. The van der Waals surface area contributed by atoms with Crippen LogP contribution in [0.3, 0.4) is 0 Å². The summed E-state index contributed by atoms with van der Waals surface area (Å²) < 4.78 is 2.26. The normalized spacial score (nSPS) is 18.1. The maximum atomic E-state index is 12.4. The van der Waals surface area contributed by atoms with Crippen molar-refractivity contribution in [2.75, 3.05) is 13.1 Å². The van der Waals surface area contributed by atoms with Gasteiger partial charge in [-0.25, -0.2) is 4.98 Å². The summed E-state index contributed by atoms with van der Waals surface area (Å²) in [7, 11) is 0. The van der Waals surface area contributed by atoms with E-state index in [1.165, 1.54) is 0 Å². The van der Waals surface area contributed by atoms with Crippen molar-refractivity contribution in [1.82, 2.24) is 19.4 Å². The van der Waals surface area contributed by atoms with Gasteiger partial charge in [0, 0.05) is 61.3 Å². The van der Waals surface area contributed by atoms with E-state index < -0.39 is 0 Å². The molecule has 5 nitrogen and oxygen atoms in total. The highest BCUT2D eigenvalue weighted by Gasteiger charge is 2.35. The highest BCUT2D eigenvalue weighted by atomic mass is 16.2. The van der Waals surface area contributed by atoms with Crippen LogP contribution in [-0.2, 0) is 11.3 Å². The number of nitrogens with zero attached hydrogens (tertiary/aromatic N) is 4. The second kappa shape index (κ2) is 6.23. The van der Waals surface area contributed by atoms with Crippen LogP contribution in [-0.4, -0.2) is 38.4 Å². The minimum absolute atomic E-state index is 0.188. The van der Waals surface area contributed by atoms with Crippen molar-refractivity contribution in [3.05, 3.63) is 48.6 Å². The Labute approximate surface area is 142 Å². The molecule has 0 aromatic carbocycles. The van der Waals surface area contributed by atoms with E-state index in [0.717, 1.165) is 49.6 Å². The van der Waals surface area contributed by atoms with E-state index in [-0.39, 0.29) is 5.92 Å². The van der Waals surface area contributed by atoms with Gasteiger partial charge in [0.1, 0.15) is 5.82 Å². The molecule has 1 saturated heterocycles. The summed E-state index contributed by atoms with van der Waals surface area (Å²) in [5, 5.41) is 0. The number of pyridine rings is 1. The Balaban J connectivity index is 1.41. The smallest absolute Gasteiger partial charge is 0.226 e. The first-order chi connectivity index (χ1) is 11.7. The van der Waals surface area contributed by atoms with Crippen molar-refractivity contribution in [3.63, 3.8) is 0 Å². The van der Waals surface area contributed by atoms with Crippen LogP contribution >= 0.6 is 0 Å². The van der Waals surface area contributed by atoms with Crippen LogP contribution in [0.1, 0.15) is 18.5 Å². The van der Waals surface area contributed by atoms with Crippen LogP contribution in [0.4, 0.5) is 0 Å². The van der Waals surface area contributed by atoms with E-state index in [9.17, 15) is 4.79 Å². The first-order valence-electron chi connectivity index (χ1n) is 8.58. The van der Waals surface area contributed by atoms with Gasteiger partial charge in [-0.2, -0.15) is 0 Å². The number of rotatable bonds is 4. The van der Waals surface area contributed by atoms with E-state index in [2.05, 4.69) is 33.6 Å². The molecule has 1 fully saturated rings. The van der Waals surface area contributed by atoms with Gasteiger partial charge in [0.15, 0.2) is 0 Å². The molecule has 2 aromatic heterocycles. The lowest BCUT2D eigenvalue weighted by Crippen LogP contribution is -2.53. The SMILES string of the molecule is Cc1cnc(-c2ccncc2)n1CC1CN(C(=O)C2CC=CC2)C1. The lowest BCUT2D eigenvalue weighted by Gasteiger charge is -2.41. The molecule has 0 bridgehead atoms. The molecule has 2 aliphatic rings. The monoisotopic (exact) mass is 322 g/mol. The standard InChI is InChI=1S/C19H22N4O/c1-14-10-21-18(16-6-8-20-9-7-16)23(14)13-15-11-22(12-15)19(24)17-4-2-3-5-17/h2-3,6-10,15,17H,4-5,11-13H2,1H3. The molecular weight excluding hydrogens is 300 g/mol. The number of allylic oxidation sites excluding steroid dienone is 2. The zero-order valence-corrected chi connectivity index (χ0v) is 13.9. The summed E-state index contributed by atoms with van der Waals surface area (Å²) in [6, 6.07) is 3.98. The number of aromatic nitrogens is 3. The minimum Gasteiger partial charge on any atom is -0.342 e. The molecule has 0 atom stereocenters. The number of carbonyl (C=O) groups is 1. The van der Waals surface area contributed by atoms with Crippen LogP contribution < -0.4 is 0 Å². The molecule has 3 heterocycles. The molecule has 124 valence electrons. The number of hydrogen-bond donors (Lipinski definition) is 0. The van der Waals surface area contributed by atoms with Crippen molar-refractivity contribution in [1.29, 1.82) is 0 Å². The van der Waals surface area contributed by atoms with Crippen LogP contribution in [0.25, 0.3) is 11.4 Å². The van der Waals surface area contributed by atoms with E-state index >= 15 is 0 Å². The lowest BCUT2D eigenvalue weighted by atomic mass is 9.96. The third-order valence-corrected chi connectivity index (χ3v) is 5.06. The fraction of sp³-hybridized carbons (Fsp3) is 0.421. The van der Waals surface area contributed by atoms with Gasteiger partial charge in [-0.3, -0.25) is 9.78 Å². The summed E-state index contributed by atoms with van der Waals surface area (Å²) in [6.07, 6.45) is 11.6. The van der Waals surface area contributed by atoms with Crippen LogP contribution in [0.5, 0.6) is 0 Å². The molecule has 1 amide bonds. The number of imidazole rings is 1. The zero-order valence-electron chi connectivity index (χ0n) is 13.9. The Morgan fingerprint density at radius 3 is 2.62 bits per heavy atom. The fourth-order valence-corrected chi connectivity index (χ4v) is 3.62. The van der Waals surface area contributed by atoms with Gasteiger partial charge in [0.25, 0.3) is 0 Å². The van der Waals surface area contributed by atoms with Crippen molar-refractivity contribution >= 4 is 5.91 Å². The Morgan fingerprint density at radius 2 is 1.92 bits per heavy atom. The molecule has 24 heavy (non-hydrogen) atoms. The molecule has 0 spiro atoms. The Kier molecular flexibility index (Phi) is 3.92. The second-order valence-corrected chi connectivity index (χ2v) is 6.82. The van der Waals surface area contributed by atoms with Gasteiger partial charge >= 0.3 is 0 Å². The molecule has 0 radical (unpaired) electrons. The van der Waals surface area contributed by atoms with Gasteiger partial charge in [-0.15, -0.1) is 0 Å². The summed E-state index contributed by atoms with van der Waals surface area (Å²) in [5.41, 5.74) is 2.24. The third kappa shape index (κ3) is 2.75. The average Bonchev–Trinajstić information content (AvgIpc) is 3.21. The summed E-state index contributed by atoms with van der Waals surface area (Å²) in [6.45, 7) is 4.73. The molecule has 0 saturated carbocycles. The van der Waals surface area contributed by atoms with Gasteiger partial charge in [0.05, 0.1) is 0 Å². The topological polar surface area (TPSA) is 51.0 Å². The van der Waals surface area contributed by atoms with E-state index in [1.54, 1.807) is 12.4 Å². The molecule has 2 aromatic rings. The van der Waals surface area contributed by atoms with Crippen molar-refractivity contribution in [2.45, 2.75) is 26.3 Å². The minimum atomic E-state index is 0.188. The quantitative estimate of drug-likeness (QED) is 0.813. The van der Waals surface area contributed by atoms with Crippen LogP contribution in [0, 0.1) is 18.8 Å². The highest BCUT2D eigenvalue weighted by Crippen LogP contribution is 2.28. The molecule has 0 unspecified atom stereocenters. The molecule has 5 heteroatoms. The number of amides is 1. The van der Waals surface area contributed by atoms with Crippen LogP contribution in [0.2, 0.25) is 0 Å². The maximum Gasteiger partial charge on any atom is 0.226 e. The fourth-order valence-electron chi connectivity index (χ4n) is 3.62. The van der Waals surface area contributed by atoms with Crippen molar-refractivity contribution in [3.8, 4) is 11.4 Å².